The molecule has 104 valence electrons. The van der Waals surface area contributed by atoms with E-state index in [1.165, 1.54) is 6.07 Å². The van der Waals surface area contributed by atoms with Crippen molar-refractivity contribution < 1.29 is 4.39 Å². The molecule has 3 rings (SSSR count). The zero-order chi connectivity index (χ0) is 14.1. The van der Waals surface area contributed by atoms with Crippen LogP contribution >= 0.6 is 23.8 Å². The zero-order valence-electron chi connectivity index (χ0n) is 10.9. The number of benzene rings is 1. The number of H-pyrrole nitrogens is 1. The minimum Gasteiger partial charge on any atom is -0.347 e. The Balaban J connectivity index is 2.00. The summed E-state index contributed by atoms with van der Waals surface area (Å²) < 4.78 is 14.5. The van der Waals surface area contributed by atoms with E-state index in [2.05, 4.69) is 9.97 Å². The summed E-state index contributed by atoms with van der Waals surface area (Å²) in [5.74, 6) is 0.374. The SMILES string of the molecule is Fc1cccc(Cl)c1Cc1nc(=S)c2c([nH]1)CCCC2. The summed E-state index contributed by atoms with van der Waals surface area (Å²) in [6.07, 6.45) is 4.62. The lowest BCUT2D eigenvalue weighted by atomic mass is 9.97. The highest BCUT2D eigenvalue weighted by Crippen LogP contribution is 2.24. The monoisotopic (exact) mass is 308 g/mol. The summed E-state index contributed by atoms with van der Waals surface area (Å²) in [5, 5.41) is 0.420. The molecule has 20 heavy (non-hydrogen) atoms. The Kier molecular flexibility index (Phi) is 3.85. The van der Waals surface area contributed by atoms with Crippen molar-refractivity contribution in [2.24, 2.45) is 0 Å². The number of aromatic amines is 1. The number of aryl methyl sites for hydroxylation is 1. The van der Waals surface area contributed by atoms with Crippen LogP contribution in [0.25, 0.3) is 0 Å². The van der Waals surface area contributed by atoms with Crippen LogP contribution in [0, 0.1) is 10.5 Å². The first-order chi connectivity index (χ1) is 9.65. The van der Waals surface area contributed by atoms with Crippen LogP contribution in [0.3, 0.4) is 0 Å². The van der Waals surface area contributed by atoms with E-state index in [-0.39, 0.29) is 5.82 Å². The molecular weight excluding hydrogens is 295 g/mol. The first-order valence-electron chi connectivity index (χ1n) is 6.69. The molecule has 1 aromatic carbocycles. The van der Waals surface area contributed by atoms with Crippen LogP contribution < -0.4 is 0 Å². The molecular formula is C15H14ClFN2S. The lowest BCUT2D eigenvalue weighted by Crippen LogP contribution is -2.11. The van der Waals surface area contributed by atoms with Crippen LogP contribution in [0.15, 0.2) is 18.2 Å². The first kappa shape index (κ1) is 13.7. The Morgan fingerprint density at radius 1 is 1.30 bits per heavy atom. The topological polar surface area (TPSA) is 28.7 Å². The molecule has 0 unspecified atom stereocenters. The van der Waals surface area contributed by atoms with Gasteiger partial charge in [-0.15, -0.1) is 0 Å². The number of hydrogen-bond donors (Lipinski definition) is 1. The number of nitrogens with one attached hydrogen (secondary N) is 1. The van der Waals surface area contributed by atoms with Gasteiger partial charge >= 0.3 is 0 Å². The fourth-order valence-electron chi connectivity index (χ4n) is 2.62. The number of fused-ring (bicyclic) bond motifs is 1. The van der Waals surface area contributed by atoms with Crippen molar-refractivity contribution in [2.45, 2.75) is 32.1 Å². The second kappa shape index (κ2) is 5.62. The van der Waals surface area contributed by atoms with Crippen molar-refractivity contribution >= 4 is 23.8 Å². The van der Waals surface area contributed by atoms with Crippen LogP contribution in [-0.2, 0) is 19.3 Å². The third kappa shape index (κ3) is 2.63. The Morgan fingerprint density at radius 2 is 2.10 bits per heavy atom. The molecule has 0 aliphatic heterocycles. The van der Waals surface area contributed by atoms with Crippen molar-refractivity contribution in [1.82, 2.24) is 9.97 Å². The van der Waals surface area contributed by atoms with Gasteiger partial charge in [0.2, 0.25) is 0 Å². The average molecular weight is 309 g/mol. The highest BCUT2D eigenvalue weighted by Gasteiger charge is 2.15. The van der Waals surface area contributed by atoms with Gasteiger partial charge in [-0.3, -0.25) is 0 Å². The maximum atomic E-state index is 13.8. The molecule has 0 saturated carbocycles. The summed E-state index contributed by atoms with van der Waals surface area (Å²) in [5.41, 5.74) is 2.76. The third-order valence-corrected chi connectivity index (χ3v) is 4.36. The summed E-state index contributed by atoms with van der Waals surface area (Å²) in [6, 6.07) is 4.70. The number of nitrogens with zero attached hydrogens (tertiary/aromatic N) is 1. The van der Waals surface area contributed by atoms with Crippen molar-refractivity contribution in [3.63, 3.8) is 0 Å². The lowest BCUT2D eigenvalue weighted by Gasteiger charge is -2.16. The molecule has 1 aliphatic carbocycles. The normalized spacial score (nSPS) is 14.1. The van der Waals surface area contributed by atoms with E-state index >= 15 is 0 Å². The summed E-state index contributed by atoms with van der Waals surface area (Å²) in [4.78, 5) is 7.70. The second-order valence-corrected chi connectivity index (χ2v) is 5.82. The van der Waals surface area contributed by atoms with Crippen LogP contribution in [0.5, 0.6) is 0 Å². The van der Waals surface area contributed by atoms with Crippen LogP contribution in [0.2, 0.25) is 5.02 Å². The maximum Gasteiger partial charge on any atom is 0.133 e. The minimum atomic E-state index is -0.309. The van der Waals surface area contributed by atoms with Crippen LogP contribution in [0.1, 0.15) is 35.5 Å². The van der Waals surface area contributed by atoms with Crippen molar-refractivity contribution in [2.75, 3.05) is 0 Å². The second-order valence-electron chi connectivity index (χ2n) is 5.03. The molecule has 0 spiro atoms. The Hall–Kier alpha value is -1.26. The summed E-state index contributed by atoms with van der Waals surface area (Å²) in [7, 11) is 0. The number of hydrogen-bond acceptors (Lipinski definition) is 2. The molecule has 2 aromatic rings. The average Bonchev–Trinajstić information content (AvgIpc) is 2.43. The molecule has 0 bridgehead atoms. The van der Waals surface area contributed by atoms with E-state index < -0.39 is 0 Å². The third-order valence-electron chi connectivity index (χ3n) is 3.66. The quantitative estimate of drug-likeness (QED) is 0.833. The molecule has 0 radical (unpaired) electrons. The van der Waals surface area contributed by atoms with Gasteiger partial charge in [0.25, 0.3) is 0 Å². The summed E-state index contributed by atoms with van der Waals surface area (Å²) in [6.45, 7) is 0. The lowest BCUT2D eigenvalue weighted by molar-refractivity contribution is 0.610. The molecule has 5 heteroatoms. The number of halogens is 2. The first-order valence-corrected chi connectivity index (χ1v) is 7.47. The van der Waals surface area contributed by atoms with E-state index in [0.717, 1.165) is 36.9 Å². The summed E-state index contributed by atoms with van der Waals surface area (Å²) >= 11 is 11.4. The molecule has 1 aromatic heterocycles. The predicted octanol–water partition coefficient (Wildman–Crippen LogP) is 4.40. The fraction of sp³-hybridized carbons (Fsp3) is 0.333. The fourth-order valence-corrected chi connectivity index (χ4v) is 3.19. The Morgan fingerprint density at radius 3 is 2.90 bits per heavy atom. The smallest absolute Gasteiger partial charge is 0.133 e. The van der Waals surface area contributed by atoms with E-state index in [4.69, 9.17) is 23.8 Å². The zero-order valence-corrected chi connectivity index (χ0v) is 12.5. The van der Waals surface area contributed by atoms with Gasteiger partial charge in [-0.25, -0.2) is 9.37 Å². The molecule has 2 nitrogen and oxygen atoms in total. The van der Waals surface area contributed by atoms with E-state index in [1.807, 2.05) is 0 Å². The number of aromatic nitrogens is 2. The highest BCUT2D eigenvalue weighted by atomic mass is 35.5. The van der Waals surface area contributed by atoms with Gasteiger partial charge in [-0.1, -0.05) is 29.9 Å². The molecule has 0 saturated heterocycles. The minimum absolute atomic E-state index is 0.309. The van der Waals surface area contributed by atoms with Crippen LogP contribution in [0.4, 0.5) is 4.39 Å². The molecule has 0 fully saturated rings. The Labute approximate surface area is 127 Å². The van der Waals surface area contributed by atoms with E-state index in [1.54, 1.807) is 12.1 Å². The maximum absolute atomic E-state index is 13.8. The molecule has 1 N–H and O–H groups in total. The van der Waals surface area contributed by atoms with Crippen LogP contribution in [-0.4, -0.2) is 9.97 Å². The van der Waals surface area contributed by atoms with Crippen molar-refractivity contribution in [3.05, 3.63) is 56.3 Å². The van der Waals surface area contributed by atoms with Gasteiger partial charge in [0.1, 0.15) is 16.3 Å². The molecule has 1 aliphatic rings. The molecule has 1 heterocycles. The highest BCUT2D eigenvalue weighted by molar-refractivity contribution is 7.71. The van der Waals surface area contributed by atoms with Crippen molar-refractivity contribution in [3.8, 4) is 0 Å². The van der Waals surface area contributed by atoms with Crippen molar-refractivity contribution in [1.29, 1.82) is 0 Å². The largest absolute Gasteiger partial charge is 0.347 e. The Bertz CT molecular complexity index is 691. The van der Waals surface area contributed by atoms with Gasteiger partial charge in [-0.05, 0) is 37.8 Å². The van der Waals surface area contributed by atoms with Gasteiger partial charge < -0.3 is 4.98 Å². The van der Waals surface area contributed by atoms with Gasteiger partial charge in [0.05, 0.1) is 0 Å². The molecule has 0 amide bonds. The van der Waals surface area contributed by atoms with Gasteiger partial charge in [0, 0.05) is 28.3 Å². The number of rotatable bonds is 2. The van der Waals surface area contributed by atoms with E-state index in [9.17, 15) is 4.39 Å². The molecule has 0 atom stereocenters. The van der Waals surface area contributed by atoms with E-state index in [0.29, 0.717) is 27.5 Å². The standard InChI is InChI=1S/C15H14ClFN2S/c16-11-5-3-6-12(17)10(11)8-14-18-13-7-2-1-4-9(13)15(20)19-14/h3,5-6H,1-2,4,7-8H2,(H,18,19,20). The van der Waals surface area contributed by atoms with Gasteiger partial charge in [0.15, 0.2) is 0 Å². The predicted molar refractivity (Wildman–Crippen MR) is 80.3 cm³/mol. The van der Waals surface area contributed by atoms with Gasteiger partial charge in [-0.2, -0.15) is 0 Å².